The van der Waals surface area contributed by atoms with E-state index in [1.807, 2.05) is 11.0 Å². The van der Waals surface area contributed by atoms with Gasteiger partial charge in [-0.25, -0.2) is 0 Å². The highest BCUT2D eigenvalue weighted by molar-refractivity contribution is 7.90. The molecule has 2 aliphatic heterocycles. The molecule has 3 heterocycles. The number of anilines is 1. The lowest BCUT2D eigenvalue weighted by Gasteiger charge is -2.33. The highest BCUT2D eigenvalue weighted by Gasteiger charge is 2.35. The van der Waals surface area contributed by atoms with Gasteiger partial charge in [-0.05, 0) is 43.2 Å². The Morgan fingerprint density at radius 2 is 2.03 bits per heavy atom. The van der Waals surface area contributed by atoms with Crippen molar-refractivity contribution in [1.82, 2.24) is 15.1 Å². The SMILES string of the molecule is O=C(Nc1cccc(-c2nnco2)c1)[C@@H]1CCCN(C2=NS(=O)(=O)c3ccccc32)C1. The van der Waals surface area contributed by atoms with E-state index >= 15 is 0 Å². The smallest absolute Gasteiger partial charge is 0.285 e. The van der Waals surface area contributed by atoms with E-state index in [9.17, 15) is 13.2 Å². The maximum absolute atomic E-state index is 13.0. The molecule has 0 radical (unpaired) electrons. The average Bonchev–Trinajstić information content (AvgIpc) is 3.41. The van der Waals surface area contributed by atoms with Crippen molar-refractivity contribution in [3.05, 3.63) is 60.5 Å². The fraction of sp³-hybridized carbons (Fsp3) is 0.238. The molecule has 2 aromatic carbocycles. The Kier molecular flexibility index (Phi) is 4.78. The first kappa shape index (κ1) is 19.4. The molecule has 1 saturated heterocycles. The Morgan fingerprint density at radius 1 is 1.16 bits per heavy atom. The van der Waals surface area contributed by atoms with Crippen LogP contribution >= 0.6 is 0 Å². The lowest BCUT2D eigenvalue weighted by atomic mass is 9.96. The fourth-order valence-corrected chi connectivity index (χ4v) is 5.20. The third-order valence-corrected chi connectivity index (χ3v) is 6.77. The molecule has 2 aliphatic rings. The van der Waals surface area contributed by atoms with Crippen molar-refractivity contribution in [2.75, 3.05) is 18.4 Å². The summed E-state index contributed by atoms with van der Waals surface area (Å²) in [7, 11) is -3.69. The van der Waals surface area contributed by atoms with Crippen LogP contribution in [-0.4, -0.2) is 48.3 Å². The van der Waals surface area contributed by atoms with Crippen LogP contribution in [0.25, 0.3) is 11.5 Å². The van der Waals surface area contributed by atoms with Crippen molar-refractivity contribution in [3.8, 4) is 11.5 Å². The molecule has 31 heavy (non-hydrogen) atoms. The minimum Gasteiger partial charge on any atom is -0.423 e. The van der Waals surface area contributed by atoms with Crippen molar-refractivity contribution in [1.29, 1.82) is 0 Å². The first-order valence-corrected chi connectivity index (χ1v) is 11.3. The quantitative estimate of drug-likeness (QED) is 0.669. The normalized spacial score (nSPS) is 19.5. The Bertz CT molecular complexity index is 1270. The summed E-state index contributed by atoms with van der Waals surface area (Å²) in [5.74, 6) is 0.381. The van der Waals surface area contributed by atoms with Crippen LogP contribution in [0.3, 0.4) is 0 Å². The number of carbonyl (C=O) groups excluding carboxylic acids is 1. The van der Waals surface area contributed by atoms with Crippen molar-refractivity contribution in [3.63, 3.8) is 0 Å². The molecule has 0 bridgehead atoms. The number of amides is 1. The molecular formula is C21H19N5O4S. The van der Waals surface area contributed by atoms with Gasteiger partial charge in [0.1, 0.15) is 4.90 Å². The molecule has 1 amide bonds. The number of likely N-dealkylation sites (tertiary alicyclic amines) is 1. The van der Waals surface area contributed by atoms with Crippen LogP contribution in [0.5, 0.6) is 0 Å². The van der Waals surface area contributed by atoms with Gasteiger partial charge in [-0.1, -0.05) is 18.2 Å². The summed E-state index contributed by atoms with van der Waals surface area (Å²) in [6.07, 6.45) is 2.73. The van der Waals surface area contributed by atoms with Gasteiger partial charge in [0.25, 0.3) is 10.0 Å². The minimum absolute atomic E-state index is 0.123. The van der Waals surface area contributed by atoms with E-state index in [1.54, 1.807) is 42.5 Å². The molecule has 1 aromatic heterocycles. The van der Waals surface area contributed by atoms with E-state index in [0.717, 1.165) is 6.42 Å². The lowest BCUT2D eigenvalue weighted by molar-refractivity contribution is -0.121. The maximum Gasteiger partial charge on any atom is 0.285 e. The van der Waals surface area contributed by atoms with Crippen molar-refractivity contribution in [2.24, 2.45) is 10.3 Å². The third-order valence-electron chi connectivity index (χ3n) is 5.44. The van der Waals surface area contributed by atoms with E-state index in [-0.39, 0.29) is 16.7 Å². The second-order valence-electron chi connectivity index (χ2n) is 7.49. The number of sulfonamides is 1. The monoisotopic (exact) mass is 437 g/mol. The molecule has 10 heteroatoms. The van der Waals surface area contributed by atoms with Gasteiger partial charge >= 0.3 is 0 Å². The number of rotatable bonds is 3. The summed E-state index contributed by atoms with van der Waals surface area (Å²) in [6.45, 7) is 1.05. The molecular weight excluding hydrogens is 418 g/mol. The zero-order valence-corrected chi connectivity index (χ0v) is 17.2. The Labute approximate surface area is 178 Å². The number of hydrogen-bond donors (Lipinski definition) is 1. The van der Waals surface area contributed by atoms with E-state index in [1.165, 1.54) is 6.39 Å². The number of fused-ring (bicyclic) bond motifs is 1. The summed E-state index contributed by atoms with van der Waals surface area (Å²) >= 11 is 0. The Balaban J connectivity index is 1.33. The molecule has 1 fully saturated rings. The van der Waals surface area contributed by atoms with E-state index in [2.05, 4.69) is 19.9 Å². The molecule has 1 atom stereocenters. The van der Waals surface area contributed by atoms with Crippen LogP contribution in [0.1, 0.15) is 18.4 Å². The number of hydrogen-bond acceptors (Lipinski definition) is 7. The highest BCUT2D eigenvalue weighted by atomic mass is 32.2. The first-order chi connectivity index (χ1) is 15.0. The largest absolute Gasteiger partial charge is 0.423 e. The number of piperidine rings is 1. The van der Waals surface area contributed by atoms with Crippen LogP contribution in [0.15, 0.2) is 68.6 Å². The summed E-state index contributed by atoms with van der Waals surface area (Å²) in [6, 6.07) is 14.0. The van der Waals surface area contributed by atoms with Gasteiger partial charge in [0.15, 0.2) is 5.84 Å². The minimum atomic E-state index is -3.69. The van der Waals surface area contributed by atoms with Crippen molar-refractivity contribution >= 4 is 27.5 Å². The van der Waals surface area contributed by atoms with E-state index in [4.69, 9.17) is 4.42 Å². The van der Waals surface area contributed by atoms with Crippen LogP contribution in [0.4, 0.5) is 5.69 Å². The molecule has 0 spiro atoms. The zero-order valence-electron chi connectivity index (χ0n) is 16.4. The van der Waals surface area contributed by atoms with Crippen LogP contribution in [0.2, 0.25) is 0 Å². The van der Waals surface area contributed by atoms with Gasteiger partial charge in [0.05, 0.1) is 5.92 Å². The Hall–Kier alpha value is -3.53. The average molecular weight is 437 g/mol. The van der Waals surface area contributed by atoms with Crippen molar-refractivity contribution in [2.45, 2.75) is 17.7 Å². The number of nitrogens with one attached hydrogen (secondary N) is 1. The van der Waals surface area contributed by atoms with E-state index < -0.39 is 10.0 Å². The molecule has 3 aromatic rings. The molecule has 0 unspecified atom stereocenters. The topological polar surface area (TPSA) is 118 Å². The summed E-state index contributed by atoms with van der Waals surface area (Å²) < 4.78 is 34.0. The predicted molar refractivity (Wildman–Crippen MR) is 113 cm³/mol. The highest BCUT2D eigenvalue weighted by Crippen LogP contribution is 2.30. The lowest BCUT2D eigenvalue weighted by Crippen LogP contribution is -2.43. The fourth-order valence-electron chi connectivity index (χ4n) is 3.97. The Morgan fingerprint density at radius 3 is 2.87 bits per heavy atom. The summed E-state index contributed by atoms with van der Waals surface area (Å²) in [4.78, 5) is 15.1. The van der Waals surface area contributed by atoms with Gasteiger partial charge in [0, 0.05) is 29.9 Å². The van der Waals surface area contributed by atoms with Crippen molar-refractivity contribution < 1.29 is 17.6 Å². The summed E-state index contributed by atoms with van der Waals surface area (Å²) in [5.41, 5.74) is 1.93. The molecule has 158 valence electrons. The van der Waals surface area contributed by atoms with Crippen LogP contribution in [-0.2, 0) is 14.8 Å². The molecule has 0 aliphatic carbocycles. The maximum atomic E-state index is 13.0. The van der Waals surface area contributed by atoms with Gasteiger partial charge in [-0.2, -0.15) is 8.42 Å². The number of nitrogens with zero attached hydrogens (tertiary/aromatic N) is 4. The number of benzene rings is 2. The number of aromatic nitrogens is 2. The molecule has 0 saturated carbocycles. The second kappa shape index (κ2) is 7.62. The molecule has 5 rings (SSSR count). The standard InChI is InChI=1S/C21H19N5O4S/c27-20(23-16-7-3-5-14(11-16)21-24-22-13-30-21)15-6-4-10-26(12-15)19-17-8-1-2-9-18(17)31(28,29)25-19/h1-3,5,7-9,11,13,15H,4,6,10,12H2,(H,23,27)/t15-/m1/s1. The predicted octanol–water partition coefficient (Wildman–Crippen LogP) is 2.54. The molecule has 1 N–H and O–H groups in total. The van der Waals surface area contributed by atoms with E-state index in [0.29, 0.717) is 48.1 Å². The zero-order chi connectivity index (χ0) is 21.4. The first-order valence-electron chi connectivity index (χ1n) is 9.88. The van der Waals surface area contributed by atoms with Crippen LogP contribution < -0.4 is 5.32 Å². The summed E-state index contributed by atoms with van der Waals surface area (Å²) in [5, 5.41) is 10.5. The van der Waals surface area contributed by atoms with Gasteiger partial charge in [-0.15, -0.1) is 14.6 Å². The van der Waals surface area contributed by atoms with Gasteiger partial charge in [-0.3, -0.25) is 4.79 Å². The van der Waals surface area contributed by atoms with Crippen LogP contribution in [0, 0.1) is 5.92 Å². The number of amidine groups is 1. The third kappa shape index (κ3) is 3.70. The van der Waals surface area contributed by atoms with Gasteiger partial charge < -0.3 is 14.6 Å². The second-order valence-corrected chi connectivity index (χ2v) is 9.06. The van der Waals surface area contributed by atoms with Gasteiger partial charge in [0.2, 0.25) is 18.2 Å². The number of carbonyl (C=O) groups is 1. The molecule has 9 nitrogen and oxygen atoms in total.